The number of methoxy groups -OCH3 is 1. The topological polar surface area (TPSA) is 47.0 Å². The van der Waals surface area contributed by atoms with Crippen LogP contribution in [0.5, 0.6) is 5.75 Å². The molecule has 1 aromatic heterocycles. The molecule has 2 rings (SSSR count). The first-order chi connectivity index (χ1) is 9.20. The van der Waals surface area contributed by atoms with Crippen molar-refractivity contribution in [3.8, 4) is 5.75 Å². The quantitative estimate of drug-likeness (QED) is 0.894. The summed E-state index contributed by atoms with van der Waals surface area (Å²) < 4.78 is 5.24. The SMILES string of the molecule is COc1cccc([C@@H](C)NC(C)c2cnccn2)c1. The molecule has 0 aliphatic heterocycles. The van der Waals surface area contributed by atoms with E-state index < -0.39 is 0 Å². The molecule has 1 heterocycles. The molecule has 0 fully saturated rings. The van der Waals surface area contributed by atoms with E-state index in [-0.39, 0.29) is 12.1 Å². The van der Waals surface area contributed by atoms with Crippen LogP contribution in [0.25, 0.3) is 0 Å². The fourth-order valence-electron chi connectivity index (χ4n) is 2.00. The molecule has 1 unspecified atom stereocenters. The maximum Gasteiger partial charge on any atom is 0.119 e. The second-order valence-electron chi connectivity index (χ2n) is 4.52. The Hall–Kier alpha value is -1.94. The molecule has 2 aromatic rings. The van der Waals surface area contributed by atoms with Gasteiger partial charge in [0.15, 0.2) is 0 Å². The summed E-state index contributed by atoms with van der Waals surface area (Å²) in [4.78, 5) is 8.40. The van der Waals surface area contributed by atoms with E-state index in [4.69, 9.17) is 4.74 Å². The van der Waals surface area contributed by atoms with Crippen LogP contribution in [0.3, 0.4) is 0 Å². The monoisotopic (exact) mass is 257 g/mol. The van der Waals surface area contributed by atoms with Gasteiger partial charge in [0.2, 0.25) is 0 Å². The van der Waals surface area contributed by atoms with E-state index in [9.17, 15) is 0 Å². The summed E-state index contributed by atoms with van der Waals surface area (Å²) in [6.45, 7) is 4.21. The summed E-state index contributed by atoms with van der Waals surface area (Å²) in [5.74, 6) is 0.873. The van der Waals surface area contributed by atoms with E-state index in [1.54, 1.807) is 25.7 Å². The predicted octanol–water partition coefficient (Wildman–Crippen LogP) is 2.90. The molecule has 4 heteroatoms. The van der Waals surface area contributed by atoms with Crippen molar-refractivity contribution in [2.75, 3.05) is 7.11 Å². The molecule has 2 atom stereocenters. The lowest BCUT2D eigenvalue weighted by molar-refractivity contribution is 0.412. The first-order valence-electron chi connectivity index (χ1n) is 6.36. The van der Waals surface area contributed by atoms with Crippen molar-refractivity contribution in [1.29, 1.82) is 0 Å². The first-order valence-corrected chi connectivity index (χ1v) is 6.36. The molecule has 4 nitrogen and oxygen atoms in total. The van der Waals surface area contributed by atoms with Gasteiger partial charge in [0, 0.05) is 30.7 Å². The highest BCUT2D eigenvalue weighted by Gasteiger charge is 2.12. The van der Waals surface area contributed by atoms with Crippen LogP contribution in [-0.2, 0) is 0 Å². The number of nitrogens with one attached hydrogen (secondary N) is 1. The summed E-state index contributed by atoms with van der Waals surface area (Å²) in [6.07, 6.45) is 5.18. The van der Waals surface area contributed by atoms with Crippen LogP contribution in [0.1, 0.15) is 37.2 Å². The highest BCUT2D eigenvalue weighted by Crippen LogP contribution is 2.21. The van der Waals surface area contributed by atoms with Crippen molar-refractivity contribution >= 4 is 0 Å². The van der Waals surface area contributed by atoms with Crippen LogP contribution in [0.4, 0.5) is 0 Å². The largest absolute Gasteiger partial charge is 0.497 e. The standard InChI is InChI=1S/C15H19N3O/c1-11(13-5-4-6-14(9-13)19-3)18-12(2)15-10-16-7-8-17-15/h4-12,18H,1-3H3/t11-,12?/m1/s1. The van der Waals surface area contributed by atoms with E-state index in [1.165, 1.54) is 5.56 Å². The van der Waals surface area contributed by atoms with Crippen LogP contribution in [0.15, 0.2) is 42.9 Å². The minimum absolute atomic E-state index is 0.148. The number of aromatic nitrogens is 2. The van der Waals surface area contributed by atoms with Gasteiger partial charge in [0.05, 0.1) is 12.8 Å². The Kier molecular flexibility index (Phi) is 4.47. The molecule has 100 valence electrons. The van der Waals surface area contributed by atoms with Gasteiger partial charge in [-0.2, -0.15) is 0 Å². The molecule has 0 aliphatic rings. The van der Waals surface area contributed by atoms with Gasteiger partial charge in [-0.15, -0.1) is 0 Å². The van der Waals surface area contributed by atoms with Crippen LogP contribution >= 0.6 is 0 Å². The van der Waals surface area contributed by atoms with E-state index in [2.05, 4.69) is 35.2 Å². The van der Waals surface area contributed by atoms with Crippen molar-refractivity contribution in [2.24, 2.45) is 0 Å². The average Bonchev–Trinajstić information content (AvgIpc) is 2.48. The number of hydrogen-bond acceptors (Lipinski definition) is 4. The molecule has 0 saturated heterocycles. The lowest BCUT2D eigenvalue weighted by Crippen LogP contribution is -2.23. The Labute approximate surface area is 113 Å². The van der Waals surface area contributed by atoms with Crippen molar-refractivity contribution in [2.45, 2.75) is 25.9 Å². The molecular weight excluding hydrogens is 238 g/mol. The van der Waals surface area contributed by atoms with Gasteiger partial charge in [-0.25, -0.2) is 0 Å². The molecule has 0 spiro atoms. The van der Waals surface area contributed by atoms with Crippen molar-refractivity contribution in [1.82, 2.24) is 15.3 Å². The fraction of sp³-hybridized carbons (Fsp3) is 0.333. The molecule has 19 heavy (non-hydrogen) atoms. The zero-order chi connectivity index (χ0) is 13.7. The van der Waals surface area contributed by atoms with E-state index in [1.807, 2.05) is 18.2 Å². The molecule has 0 saturated carbocycles. The average molecular weight is 257 g/mol. The van der Waals surface area contributed by atoms with E-state index in [0.717, 1.165) is 11.4 Å². The van der Waals surface area contributed by atoms with Gasteiger partial charge in [0.1, 0.15) is 5.75 Å². The van der Waals surface area contributed by atoms with Gasteiger partial charge < -0.3 is 10.1 Å². The van der Waals surface area contributed by atoms with Crippen LogP contribution in [0, 0.1) is 0 Å². The van der Waals surface area contributed by atoms with E-state index in [0.29, 0.717) is 0 Å². The Morgan fingerprint density at radius 1 is 1.16 bits per heavy atom. The zero-order valence-electron chi connectivity index (χ0n) is 11.5. The third kappa shape index (κ3) is 3.51. The number of nitrogens with zero attached hydrogens (tertiary/aromatic N) is 2. The van der Waals surface area contributed by atoms with E-state index >= 15 is 0 Å². The molecule has 0 bridgehead atoms. The molecule has 1 aromatic carbocycles. The summed E-state index contributed by atoms with van der Waals surface area (Å²) in [5, 5.41) is 3.51. The molecule has 0 radical (unpaired) electrons. The van der Waals surface area contributed by atoms with Gasteiger partial charge in [-0.1, -0.05) is 12.1 Å². The van der Waals surface area contributed by atoms with Crippen LogP contribution in [-0.4, -0.2) is 17.1 Å². The zero-order valence-corrected chi connectivity index (χ0v) is 11.5. The van der Waals surface area contributed by atoms with Crippen LogP contribution < -0.4 is 10.1 Å². The predicted molar refractivity (Wildman–Crippen MR) is 75.0 cm³/mol. The van der Waals surface area contributed by atoms with Gasteiger partial charge in [-0.3, -0.25) is 9.97 Å². The van der Waals surface area contributed by atoms with Crippen molar-refractivity contribution in [3.63, 3.8) is 0 Å². The normalized spacial score (nSPS) is 13.8. The summed E-state index contributed by atoms with van der Waals surface area (Å²) in [5.41, 5.74) is 2.13. The maximum absolute atomic E-state index is 5.24. The Morgan fingerprint density at radius 2 is 2.00 bits per heavy atom. The minimum atomic E-state index is 0.148. The Morgan fingerprint density at radius 3 is 2.68 bits per heavy atom. The van der Waals surface area contributed by atoms with Crippen molar-refractivity contribution in [3.05, 3.63) is 54.1 Å². The maximum atomic E-state index is 5.24. The molecule has 1 N–H and O–H groups in total. The minimum Gasteiger partial charge on any atom is -0.497 e. The second-order valence-corrected chi connectivity index (χ2v) is 4.52. The molecule has 0 aliphatic carbocycles. The molecule has 0 amide bonds. The number of rotatable bonds is 5. The van der Waals surface area contributed by atoms with Crippen molar-refractivity contribution < 1.29 is 4.74 Å². The van der Waals surface area contributed by atoms with Gasteiger partial charge >= 0.3 is 0 Å². The number of benzene rings is 1. The Balaban J connectivity index is 2.06. The summed E-state index contributed by atoms with van der Waals surface area (Å²) in [7, 11) is 1.68. The number of hydrogen-bond donors (Lipinski definition) is 1. The Bertz CT molecular complexity index is 516. The molecular formula is C15H19N3O. The highest BCUT2D eigenvalue weighted by atomic mass is 16.5. The highest BCUT2D eigenvalue weighted by molar-refractivity contribution is 5.30. The third-order valence-electron chi connectivity index (χ3n) is 3.12. The third-order valence-corrected chi connectivity index (χ3v) is 3.12. The lowest BCUT2D eigenvalue weighted by atomic mass is 10.1. The second kappa shape index (κ2) is 6.29. The summed E-state index contributed by atoms with van der Waals surface area (Å²) in [6, 6.07) is 8.44. The number of ether oxygens (including phenoxy) is 1. The van der Waals surface area contributed by atoms with Gasteiger partial charge in [-0.05, 0) is 31.5 Å². The first kappa shape index (κ1) is 13.5. The van der Waals surface area contributed by atoms with Crippen LogP contribution in [0.2, 0.25) is 0 Å². The van der Waals surface area contributed by atoms with Gasteiger partial charge in [0.25, 0.3) is 0 Å². The summed E-state index contributed by atoms with van der Waals surface area (Å²) >= 11 is 0. The fourth-order valence-corrected chi connectivity index (χ4v) is 2.00. The smallest absolute Gasteiger partial charge is 0.119 e. The lowest BCUT2D eigenvalue weighted by Gasteiger charge is -2.20.